The Labute approximate surface area is 177 Å². The van der Waals surface area contributed by atoms with Gasteiger partial charge in [-0.1, -0.05) is 29.8 Å². The molecule has 0 unspecified atom stereocenters. The maximum absolute atomic E-state index is 12.6. The van der Waals surface area contributed by atoms with Gasteiger partial charge in [0.1, 0.15) is 5.75 Å². The van der Waals surface area contributed by atoms with Gasteiger partial charge in [0.15, 0.2) is 10.2 Å². The number of carbonyl (C=O) groups excluding carboxylic acids is 2. The minimum Gasteiger partial charge on any atom is -0.494 e. The Morgan fingerprint density at radius 1 is 1.00 bits per heavy atom. The predicted molar refractivity (Wildman–Crippen MR) is 117 cm³/mol. The van der Waals surface area contributed by atoms with E-state index in [1.807, 2.05) is 43.5 Å². The van der Waals surface area contributed by atoms with Crippen LogP contribution in [0.1, 0.15) is 12.5 Å². The van der Waals surface area contributed by atoms with Crippen molar-refractivity contribution in [2.75, 3.05) is 16.4 Å². The van der Waals surface area contributed by atoms with Crippen LogP contribution in [-0.4, -0.2) is 28.5 Å². The van der Waals surface area contributed by atoms with Crippen molar-refractivity contribution < 1.29 is 14.3 Å². The van der Waals surface area contributed by atoms with Crippen molar-refractivity contribution in [3.63, 3.8) is 0 Å². The summed E-state index contributed by atoms with van der Waals surface area (Å²) < 4.78 is 5.42. The lowest BCUT2D eigenvalue weighted by atomic mass is 10.1. The molecule has 146 valence electrons. The molecule has 1 aliphatic heterocycles. The second kappa shape index (κ2) is 7.73. The van der Waals surface area contributed by atoms with Gasteiger partial charge in [-0.3, -0.25) is 9.59 Å². The molecule has 4 rings (SSSR count). The van der Waals surface area contributed by atoms with Crippen molar-refractivity contribution in [1.29, 1.82) is 0 Å². The normalized spacial score (nSPS) is 14.1. The number of anilines is 2. The number of hydrogen-bond acceptors (Lipinski definition) is 6. The summed E-state index contributed by atoms with van der Waals surface area (Å²) in [5.41, 5.74) is 3.32. The van der Waals surface area contributed by atoms with Crippen LogP contribution in [0, 0.1) is 6.92 Å². The first-order chi connectivity index (χ1) is 14.0. The van der Waals surface area contributed by atoms with Gasteiger partial charge in [0.2, 0.25) is 0 Å². The van der Waals surface area contributed by atoms with E-state index < -0.39 is 11.8 Å². The van der Waals surface area contributed by atoms with Crippen LogP contribution in [0.3, 0.4) is 0 Å². The number of aryl methyl sites for hydroxylation is 1. The molecule has 0 spiro atoms. The summed E-state index contributed by atoms with van der Waals surface area (Å²) >= 11 is 6.72. The van der Waals surface area contributed by atoms with Crippen LogP contribution in [0.25, 0.3) is 11.3 Å². The van der Waals surface area contributed by atoms with Crippen molar-refractivity contribution in [3.05, 3.63) is 59.5 Å². The van der Waals surface area contributed by atoms with Crippen LogP contribution in [0.2, 0.25) is 0 Å². The topological polar surface area (TPSA) is 62.7 Å². The zero-order valence-corrected chi connectivity index (χ0v) is 17.4. The Hall–Kier alpha value is -3.10. The Balaban J connectivity index is 1.62. The van der Waals surface area contributed by atoms with Gasteiger partial charge in [-0.15, -0.1) is 11.3 Å². The van der Waals surface area contributed by atoms with Crippen LogP contribution >= 0.6 is 23.6 Å². The molecule has 1 fully saturated rings. The molecule has 8 heteroatoms. The number of amides is 2. The highest BCUT2D eigenvalue weighted by atomic mass is 32.1. The molecule has 0 saturated carbocycles. The first kappa shape index (κ1) is 19.2. The fraction of sp³-hybridized carbons (Fsp3) is 0.143. The quantitative estimate of drug-likeness (QED) is 0.455. The van der Waals surface area contributed by atoms with Crippen LogP contribution in [-0.2, 0) is 9.59 Å². The molecule has 2 amide bonds. The van der Waals surface area contributed by atoms with E-state index in [1.54, 1.807) is 24.3 Å². The Morgan fingerprint density at radius 2 is 1.66 bits per heavy atom. The van der Waals surface area contributed by atoms with Gasteiger partial charge in [-0.2, -0.15) is 0 Å². The minimum absolute atomic E-state index is 0.0916. The number of carbonyl (C=O) groups is 2. The molecule has 1 aliphatic rings. The third kappa shape index (κ3) is 3.52. The second-order valence-electron chi connectivity index (χ2n) is 6.37. The molecule has 29 heavy (non-hydrogen) atoms. The van der Waals surface area contributed by atoms with Crippen LogP contribution in [0.5, 0.6) is 5.75 Å². The number of aromatic nitrogens is 1. The SMILES string of the molecule is CCOc1ccc(N2C(=O)C(=O)N(c3nc(-c4ccc(C)cc4)cs3)C2=S)cc1. The molecule has 6 nitrogen and oxygen atoms in total. The number of rotatable bonds is 5. The summed E-state index contributed by atoms with van der Waals surface area (Å²) in [6.45, 7) is 4.45. The number of hydrogen-bond donors (Lipinski definition) is 0. The lowest BCUT2D eigenvalue weighted by Gasteiger charge is -2.17. The summed E-state index contributed by atoms with van der Waals surface area (Å²) in [7, 11) is 0. The monoisotopic (exact) mass is 423 g/mol. The van der Waals surface area contributed by atoms with E-state index in [9.17, 15) is 9.59 Å². The third-order valence-corrected chi connectivity index (χ3v) is 5.60. The molecule has 0 radical (unpaired) electrons. The summed E-state index contributed by atoms with van der Waals surface area (Å²) in [5, 5.41) is 2.31. The van der Waals surface area contributed by atoms with E-state index in [2.05, 4.69) is 4.98 Å². The third-order valence-electron chi connectivity index (χ3n) is 4.41. The molecule has 3 aromatic rings. The largest absolute Gasteiger partial charge is 0.494 e. The molecular weight excluding hydrogens is 406 g/mol. The van der Waals surface area contributed by atoms with E-state index in [0.717, 1.165) is 16.8 Å². The lowest BCUT2D eigenvalue weighted by Crippen LogP contribution is -2.33. The molecule has 0 aliphatic carbocycles. The summed E-state index contributed by atoms with van der Waals surface area (Å²) in [6.07, 6.45) is 0. The highest BCUT2D eigenvalue weighted by Gasteiger charge is 2.44. The zero-order valence-electron chi connectivity index (χ0n) is 15.8. The van der Waals surface area contributed by atoms with E-state index >= 15 is 0 Å². The Bertz CT molecular complexity index is 1090. The van der Waals surface area contributed by atoms with Crippen molar-refractivity contribution in [1.82, 2.24) is 4.98 Å². The van der Waals surface area contributed by atoms with Crippen LogP contribution in [0.15, 0.2) is 53.9 Å². The van der Waals surface area contributed by atoms with Crippen molar-refractivity contribution in [3.8, 4) is 17.0 Å². The van der Waals surface area contributed by atoms with Crippen LogP contribution in [0.4, 0.5) is 10.8 Å². The van der Waals surface area contributed by atoms with Crippen molar-refractivity contribution in [2.24, 2.45) is 0 Å². The number of nitrogens with zero attached hydrogens (tertiary/aromatic N) is 3. The summed E-state index contributed by atoms with van der Waals surface area (Å²) in [5.74, 6) is -0.736. The standard InChI is InChI=1S/C21H17N3O3S2/c1-3-27-16-10-8-15(9-11-16)23-18(25)19(26)24(21(23)28)20-22-17(12-29-20)14-6-4-13(2)5-7-14/h4-12H,3H2,1-2H3. The van der Waals surface area contributed by atoms with E-state index in [0.29, 0.717) is 23.2 Å². The summed E-state index contributed by atoms with van der Waals surface area (Å²) in [6, 6.07) is 14.8. The maximum Gasteiger partial charge on any atom is 0.325 e. The number of ether oxygens (including phenoxy) is 1. The van der Waals surface area contributed by atoms with Gasteiger partial charge in [0.05, 0.1) is 18.0 Å². The molecule has 0 bridgehead atoms. The zero-order chi connectivity index (χ0) is 20.5. The first-order valence-corrected chi connectivity index (χ1v) is 10.3. The van der Waals surface area contributed by atoms with Gasteiger partial charge < -0.3 is 4.74 Å². The molecule has 0 atom stereocenters. The second-order valence-corrected chi connectivity index (χ2v) is 7.57. The first-order valence-electron chi connectivity index (χ1n) is 8.97. The van der Waals surface area contributed by atoms with Gasteiger partial charge >= 0.3 is 11.8 Å². The average Bonchev–Trinajstić information content (AvgIpc) is 3.27. The molecule has 2 aromatic carbocycles. The number of benzene rings is 2. The van der Waals surface area contributed by atoms with Crippen molar-refractivity contribution >= 4 is 51.3 Å². The van der Waals surface area contributed by atoms with Gasteiger partial charge in [-0.05, 0) is 50.3 Å². The fourth-order valence-corrected chi connectivity index (χ4v) is 4.19. The Kier molecular flexibility index (Phi) is 5.12. The van der Waals surface area contributed by atoms with Crippen molar-refractivity contribution in [2.45, 2.75) is 13.8 Å². The van der Waals surface area contributed by atoms with Gasteiger partial charge in [0, 0.05) is 10.9 Å². The lowest BCUT2D eigenvalue weighted by molar-refractivity contribution is -0.133. The van der Waals surface area contributed by atoms with Gasteiger partial charge in [0.25, 0.3) is 0 Å². The number of thiazole rings is 1. The van der Waals surface area contributed by atoms with Crippen LogP contribution < -0.4 is 14.5 Å². The molecule has 0 N–H and O–H groups in total. The Morgan fingerprint density at radius 3 is 2.31 bits per heavy atom. The minimum atomic E-state index is -0.714. The number of thiocarbonyl (C=S) groups is 1. The summed E-state index contributed by atoms with van der Waals surface area (Å²) in [4.78, 5) is 32.2. The average molecular weight is 424 g/mol. The fourth-order valence-electron chi connectivity index (χ4n) is 2.94. The highest BCUT2D eigenvalue weighted by Crippen LogP contribution is 2.32. The molecular formula is C21H17N3O3S2. The predicted octanol–water partition coefficient (Wildman–Crippen LogP) is 4.18. The smallest absolute Gasteiger partial charge is 0.325 e. The van der Waals surface area contributed by atoms with Gasteiger partial charge in [-0.25, -0.2) is 14.8 Å². The molecule has 1 aromatic heterocycles. The maximum atomic E-state index is 12.6. The van der Waals surface area contributed by atoms with E-state index in [4.69, 9.17) is 17.0 Å². The molecule has 1 saturated heterocycles. The molecule has 2 heterocycles. The highest BCUT2D eigenvalue weighted by molar-refractivity contribution is 7.81. The van der Waals surface area contributed by atoms with E-state index in [-0.39, 0.29) is 5.11 Å². The van der Waals surface area contributed by atoms with E-state index in [1.165, 1.54) is 21.1 Å².